The molecule has 0 unspecified atom stereocenters. The molecule has 0 bridgehead atoms. The van der Waals surface area contributed by atoms with Gasteiger partial charge < -0.3 is 4.74 Å². The van der Waals surface area contributed by atoms with E-state index in [2.05, 4.69) is 9.46 Å². The van der Waals surface area contributed by atoms with Crippen LogP contribution >= 0.6 is 23.2 Å². The molecular formula is C12H13Cl2NO4S. The van der Waals surface area contributed by atoms with E-state index in [4.69, 9.17) is 23.2 Å². The van der Waals surface area contributed by atoms with Gasteiger partial charge in [-0.3, -0.25) is 4.72 Å². The van der Waals surface area contributed by atoms with Crippen molar-refractivity contribution < 1.29 is 17.9 Å². The van der Waals surface area contributed by atoms with Crippen LogP contribution in [-0.4, -0.2) is 21.0 Å². The molecule has 0 aliphatic heterocycles. The zero-order chi connectivity index (χ0) is 15.3. The number of hydrogen-bond donors (Lipinski definition) is 1. The highest BCUT2D eigenvalue weighted by Crippen LogP contribution is 2.25. The molecule has 1 aromatic rings. The summed E-state index contributed by atoms with van der Waals surface area (Å²) in [6, 6.07) is 4.08. The quantitative estimate of drug-likeness (QED) is 0.662. The number of carbonyl (C=O) groups excluding carboxylic acids is 1. The number of benzene rings is 1. The number of rotatable bonds is 5. The van der Waals surface area contributed by atoms with E-state index >= 15 is 0 Å². The lowest BCUT2D eigenvalue weighted by molar-refractivity contribution is -0.137. The predicted octanol–water partition coefficient (Wildman–Crippen LogP) is 2.74. The molecule has 0 saturated carbocycles. The number of allylic oxidation sites excluding steroid dienone is 1. The Kier molecular flexibility index (Phi) is 5.86. The number of nitrogens with one attached hydrogen (secondary N) is 1. The molecule has 0 atom stereocenters. The van der Waals surface area contributed by atoms with Crippen LogP contribution in [0.3, 0.4) is 0 Å². The molecule has 0 aliphatic rings. The predicted molar refractivity (Wildman–Crippen MR) is 77.2 cm³/mol. The maximum atomic E-state index is 12.1. The smallest absolute Gasteiger partial charge is 0.332 e. The summed E-state index contributed by atoms with van der Waals surface area (Å²) < 4.78 is 31.1. The van der Waals surface area contributed by atoms with Crippen molar-refractivity contribution in [1.82, 2.24) is 4.72 Å². The van der Waals surface area contributed by atoms with Gasteiger partial charge in [0.15, 0.2) is 0 Å². The van der Waals surface area contributed by atoms with Crippen molar-refractivity contribution in [3.63, 3.8) is 0 Å². The first-order valence-corrected chi connectivity index (χ1v) is 7.83. The summed E-state index contributed by atoms with van der Waals surface area (Å²) in [5.74, 6) is -0.634. The fraction of sp³-hybridized carbons (Fsp3) is 0.250. The van der Waals surface area contributed by atoms with Crippen LogP contribution in [0.25, 0.3) is 0 Å². The van der Waals surface area contributed by atoms with Crippen molar-refractivity contribution in [2.45, 2.75) is 18.7 Å². The van der Waals surface area contributed by atoms with Gasteiger partial charge in [0.2, 0.25) is 0 Å². The molecule has 1 aromatic carbocycles. The van der Waals surface area contributed by atoms with Gasteiger partial charge in [-0.1, -0.05) is 23.2 Å². The number of esters is 1. The lowest BCUT2D eigenvalue weighted by Gasteiger charge is -2.10. The van der Waals surface area contributed by atoms with Gasteiger partial charge >= 0.3 is 5.97 Å². The van der Waals surface area contributed by atoms with Crippen LogP contribution in [-0.2, 0) is 19.6 Å². The van der Waals surface area contributed by atoms with E-state index < -0.39 is 16.0 Å². The van der Waals surface area contributed by atoms with Crippen molar-refractivity contribution in [3.05, 3.63) is 40.0 Å². The minimum atomic E-state index is -3.92. The first-order valence-electron chi connectivity index (χ1n) is 5.59. The minimum absolute atomic E-state index is 0.0332. The van der Waals surface area contributed by atoms with E-state index in [9.17, 15) is 13.2 Å². The molecule has 0 amide bonds. The second-order valence-corrected chi connectivity index (χ2v) is 6.25. The number of carbonyl (C=O) groups is 1. The molecule has 0 heterocycles. The van der Waals surface area contributed by atoms with Crippen LogP contribution in [0.5, 0.6) is 0 Å². The summed E-state index contributed by atoms with van der Waals surface area (Å²) in [6.07, 6.45) is 1.04. The largest absolute Gasteiger partial charge is 0.463 e. The maximum Gasteiger partial charge on any atom is 0.332 e. The second-order valence-electron chi connectivity index (χ2n) is 3.76. The molecule has 0 radical (unpaired) electrons. The highest BCUT2D eigenvalue weighted by atomic mass is 35.5. The molecule has 1 rings (SSSR count). The summed E-state index contributed by atoms with van der Waals surface area (Å²) in [5.41, 5.74) is 0.111. The Balaban J connectivity index is 3.01. The highest BCUT2D eigenvalue weighted by Gasteiger charge is 2.18. The van der Waals surface area contributed by atoms with Crippen molar-refractivity contribution in [2.75, 3.05) is 6.61 Å². The molecule has 8 heteroatoms. The lowest BCUT2D eigenvalue weighted by Crippen LogP contribution is -2.23. The van der Waals surface area contributed by atoms with Crippen molar-refractivity contribution in [1.29, 1.82) is 0 Å². The third-order valence-electron chi connectivity index (χ3n) is 2.10. The average molecular weight is 338 g/mol. The van der Waals surface area contributed by atoms with Crippen LogP contribution in [0.15, 0.2) is 34.9 Å². The summed E-state index contributed by atoms with van der Waals surface area (Å²) in [6.45, 7) is 3.28. The SMILES string of the molecule is CCOC(=O)/C=C(\C)NS(=O)(=O)c1cc(Cl)ccc1Cl. The highest BCUT2D eigenvalue weighted by molar-refractivity contribution is 7.89. The van der Waals surface area contributed by atoms with Crippen LogP contribution in [0, 0.1) is 0 Å². The first-order chi connectivity index (χ1) is 9.26. The Morgan fingerprint density at radius 1 is 1.40 bits per heavy atom. The monoisotopic (exact) mass is 337 g/mol. The summed E-state index contributed by atoms with van der Waals surface area (Å²) in [4.78, 5) is 11.1. The number of hydrogen-bond acceptors (Lipinski definition) is 4. The third-order valence-corrected chi connectivity index (χ3v) is 4.28. The molecule has 0 spiro atoms. The van der Waals surface area contributed by atoms with E-state index in [0.29, 0.717) is 0 Å². The molecule has 0 saturated heterocycles. The average Bonchev–Trinajstić information content (AvgIpc) is 2.31. The molecule has 0 aromatic heterocycles. The summed E-state index contributed by atoms with van der Waals surface area (Å²) in [5, 5.41) is 0.271. The van der Waals surface area contributed by atoms with Gasteiger partial charge in [-0.15, -0.1) is 0 Å². The van der Waals surface area contributed by atoms with E-state index in [1.165, 1.54) is 25.1 Å². The Morgan fingerprint density at radius 2 is 2.05 bits per heavy atom. The Hall–Kier alpha value is -1.24. The Labute approximate surface area is 127 Å². The fourth-order valence-corrected chi connectivity index (χ4v) is 3.20. The van der Waals surface area contributed by atoms with Gasteiger partial charge in [-0.25, -0.2) is 13.2 Å². The Bertz CT molecular complexity index is 641. The number of sulfonamides is 1. The van der Waals surface area contributed by atoms with E-state index in [-0.39, 0.29) is 27.2 Å². The standard InChI is InChI=1S/C12H13Cl2NO4S/c1-3-19-12(16)6-8(2)15-20(17,18)11-7-9(13)4-5-10(11)14/h4-7,15H,3H2,1-2H3/b8-6+. The van der Waals surface area contributed by atoms with E-state index in [0.717, 1.165) is 6.08 Å². The first kappa shape index (κ1) is 16.8. The maximum absolute atomic E-state index is 12.1. The number of ether oxygens (including phenoxy) is 1. The summed E-state index contributed by atoms with van der Waals surface area (Å²) in [7, 11) is -3.92. The van der Waals surface area contributed by atoms with Crippen LogP contribution < -0.4 is 4.72 Å². The van der Waals surface area contributed by atoms with E-state index in [1.807, 2.05) is 0 Å². The van der Waals surface area contributed by atoms with Crippen molar-refractivity contribution >= 4 is 39.2 Å². The van der Waals surface area contributed by atoms with Crippen molar-refractivity contribution in [2.24, 2.45) is 0 Å². The van der Waals surface area contributed by atoms with Gasteiger partial charge in [0.05, 0.1) is 11.6 Å². The van der Waals surface area contributed by atoms with Gasteiger partial charge in [0, 0.05) is 16.8 Å². The van der Waals surface area contributed by atoms with Crippen molar-refractivity contribution in [3.8, 4) is 0 Å². The molecule has 0 aliphatic carbocycles. The molecule has 0 fully saturated rings. The topological polar surface area (TPSA) is 72.5 Å². The fourth-order valence-electron chi connectivity index (χ4n) is 1.34. The molecule has 20 heavy (non-hydrogen) atoms. The Morgan fingerprint density at radius 3 is 2.65 bits per heavy atom. The zero-order valence-electron chi connectivity index (χ0n) is 10.8. The molecule has 5 nitrogen and oxygen atoms in total. The second kappa shape index (κ2) is 6.97. The number of halogens is 2. The van der Waals surface area contributed by atoms with Gasteiger partial charge in [-0.05, 0) is 32.0 Å². The van der Waals surface area contributed by atoms with Crippen LogP contribution in [0.1, 0.15) is 13.8 Å². The van der Waals surface area contributed by atoms with Gasteiger partial charge in [0.25, 0.3) is 10.0 Å². The third kappa shape index (κ3) is 4.70. The lowest BCUT2D eigenvalue weighted by atomic mass is 10.4. The normalized spacial score (nSPS) is 12.1. The van der Waals surface area contributed by atoms with Gasteiger partial charge in [-0.2, -0.15) is 0 Å². The summed E-state index contributed by atoms with van der Waals surface area (Å²) >= 11 is 11.6. The molecule has 1 N–H and O–H groups in total. The van der Waals surface area contributed by atoms with Crippen LogP contribution in [0.2, 0.25) is 10.0 Å². The zero-order valence-corrected chi connectivity index (χ0v) is 13.1. The van der Waals surface area contributed by atoms with Gasteiger partial charge in [0.1, 0.15) is 4.90 Å². The van der Waals surface area contributed by atoms with Crippen LogP contribution in [0.4, 0.5) is 0 Å². The molecule has 110 valence electrons. The van der Waals surface area contributed by atoms with E-state index in [1.54, 1.807) is 6.92 Å². The minimum Gasteiger partial charge on any atom is -0.463 e. The molecular weight excluding hydrogens is 325 g/mol.